The minimum absolute atomic E-state index is 0.0856. The van der Waals surface area contributed by atoms with Gasteiger partial charge in [0.25, 0.3) is 0 Å². The Hall–Kier alpha value is -3.10. The summed E-state index contributed by atoms with van der Waals surface area (Å²) in [5, 5.41) is 17.4. The van der Waals surface area contributed by atoms with E-state index in [0.717, 1.165) is 12.8 Å². The van der Waals surface area contributed by atoms with E-state index in [2.05, 4.69) is 20.6 Å². The van der Waals surface area contributed by atoms with Crippen LogP contribution in [0.3, 0.4) is 0 Å². The second-order valence-electron chi connectivity index (χ2n) is 5.15. The van der Waals surface area contributed by atoms with E-state index in [4.69, 9.17) is 9.47 Å². The SMILES string of the molecule is CCCCNc1ncnc(Nc2ccc(OC)cc2OC)c1[N+](=O)[O-]. The number of aromatic nitrogens is 2. The van der Waals surface area contributed by atoms with Crippen molar-refractivity contribution in [2.24, 2.45) is 0 Å². The highest BCUT2D eigenvalue weighted by Crippen LogP contribution is 2.35. The van der Waals surface area contributed by atoms with Crippen LogP contribution in [-0.4, -0.2) is 35.7 Å². The van der Waals surface area contributed by atoms with Gasteiger partial charge in [-0.05, 0) is 18.6 Å². The van der Waals surface area contributed by atoms with E-state index in [1.165, 1.54) is 13.4 Å². The van der Waals surface area contributed by atoms with Crippen molar-refractivity contribution in [3.8, 4) is 11.5 Å². The standard InChI is InChI=1S/C16H21N5O4/c1-4-5-8-17-15-14(21(22)23)16(19-10-18-15)20-12-7-6-11(24-2)9-13(12)25-3/h6-7,9-10H,4-5,8H2,1-3H3,(H2,17,18,19,20). The van der Waals surface area contributed by atoms with Crippen molar-refractivity contribution in [2.75, 3.05) is 31.4 Å². The summed E-state index contributed by atoms with van der Waals surface area (Å²) in [6.45, 7) is 2.64. The Morgan fingerprint density at radius 1 is 1.20 bits per heavy atom. The van der Waals surface area contributed by atoms with Crippen molar-refractivity contribution in [3.63, 3.8) is 0 Å². The van der Waals surface area contributed by atoms with Gasteiger partial charge in [-0.15, -0.1) is 0 Å². The summed E-state index contributed by atoms with van der Waals surface area (Å²) in [6, 6.07) is 5.10. The zero-order valence-electron chi connectivity index (χ0n) is 14.4. The fraction of sp³-hybridized carbons (Fsp3) is 0.375. The van der Waals surface area contributed by atoms with Gasteiger partial charge in [0.05, 0.1) is 24.8 Å². The molecule has 0 spiro atoms. The molecule has 0 saturated heterocycles. The molecule has 0 aliphatic rings. The Morgan fingerprint density at radius 2 is 1.96 bits per heavy atom. The molecule has 0 aliphatic heterocycles. The Balaban J connectivity index is 2.36. The third-order valence-electron chi connectivity index (χ3n) is 3.49. The van der Waals surface area contributed by atoms with E-state index in [1.807, 2.05) is 6.92 Å². The van der Waals surface area contributed by atoms with Crippen LogP contribution in [-0.2, 0) is 0 Å². The third kappa shape index (κ3) is 4.46. The van der Waals surface area contributed by atoms with Gasteiger partial charge in [-0.25, -0.2) is 9.97 Å². The molecule has 0 radical (unpaired) electrons. The van der Waals surface area contributed by atoms with Crippen LogP contribution in [0.15, 0.2) is 24.5 Å². The number of benzene rings is 1. The molecule has 0 amide bonds. The molecule has 9 heteroatoms. The van der Waals surface area contributed by atoms with Crippen LogP contribution >= 0.6 is 0 Å². The number of unbranched alkanes of at least 4 members (excludes halogenated alkanes) is 1. The molecule has 9 nitrogen and oxygen atoms in total. The maximum absolute atomic E-state index is 11.5. The molecule has 1 aromatic heterocycles. The Labute approximate surface area is 145 Å². The van der Waals surface area contributed by atoms with Crippen molar-refractivity contribution in [2.45, 2.75) is 19.8 Å². The smallest absolute Gasteiger partial charge is 0.353 e. The largest absolute Gasteiger partial charge is 0.497 e. The summed E-state index contributed by atoms with van der Waals surface area (Å²) in [5.74, 6) is 1.36. The summed E-state index contributed by atoms with van der Waals surface area (Å²) in [7, 11) is 3.05. The molecule has 0 atom stereocenters. The normalized spacial score (nSPS) is 10.2. The van der Waals surface area contributed by atoms with Crippen molar-refractivity contribution in [3.05, 3.63) is 34.6 Å². The van der Waals surface area contributed by atoms with Crippen LogP contribution in [0, 0.1) is 10.1 Å². The molecule has 0 aliphatic carbocycles. The van der Waals surface area contributed by atoms with E-state index >= 15 is 0 Å². The Morgan fingerprint density at radius 3 is 2.60 bits per heavy atom. The average molecular weight is 347 g/mol. The van der Waals surface area contributed by atoms with Gasteiger partial charge in [-0.2, -0.15) is 0 Å². The second-order valence-corrected chi connectivity index (χ2v) is 5.15. The van der Waals surface area contributed by atoms with Gasteiger partial charge in [0.2, 0.25) is 11.6 Å². The van der Waals surface area contributed by atoms with E-state index in [1.54, 1.807) is 25.3 Å². The fourth-order valence-electron chi connectivity index (χ4n) is 2.19. The van der Waals surface area contributed by atoms with Gasteiger partial charge in [0.15, 0.2) is 0 Å². The lowest BCUT2D eigenvalue weighted by atomic mass is 10.2. The number of nitrogens with zero attached hydrogens (tertiary/aromatic N) is 3. The van der Waals surface area contributed by atoms with E-state index in [9.17, 15) is 10.1 Å². The first-order valence-corrected chi connectivity index (χ1v) is 7.83. The molecule has 134 valence electrons. The van der Waals surface area contributed by atoms with Gasteiger partial charge in [0.1, 0.15) is 17.8 Å². The molecule has 2 rings (SSSR count). The number of hydrogen-bond acceptors (Lipinski definition) is 8. The number of anilines is 3. The summed E-state index contributed by atoms with van der Waals surface area (Å²) in [4.78, 5) is 19.0. The highest BCUT2D eigenvalue weighted by Gasteiger charge is 2.23. The molecule has 2 aromatic rings. The number of methoxy groups -OCH3 is 2. The maximum atomic E-state index is 11.5. The van der Waals surface area contributed by atoms with Crippen LogP contribution in [0.1, 0.15) is 19.8 Å². The second kappa shape index (κ2) is 8.67. The lowest BCUT2D eigenvalue weighted by Gasteiger charge is -2.13. The number of hydrogen-bond donors (Lipinski definition) is 2. The number of rotatable bonds is 9. The van der Waals surface area contributed by atoms with Crippen LogP contribution in [0.4, 0.5) is 23.0 Å². The topological polar surface area (TPSA) is 111 Å². The summed E-state index contributed by atoms with van der Waals surface area (Å²) in [6.07, 6.45) is 3.13. The molecule has 25 heavy (non-hydrogen) atoms. The zero-order chi connectivity index (χ0) is 18.2. The van der Waals surface area contributed by atoms with Crippen LogP contribution in [0.25, 0.3) is 0 Å². The van der Waals surface area contributed by atoms with Crippen molar-refractivity contribution < 1.29 is 14.4 Å². The van der Waals surface area contributed by atoms with Crippen LogP contribution in [0.5, 0.6) is 11.5 Å². The predicted molar refractivity (Wildman–Crippen MR) is 94.9 cm³/mol. The molecule has 0 saturated carbocycles. The van der Waals surface area contributed by atoms with E-state index in [-0.39, 0.29) is 17.3 Å². The van der Waals surface area contributed by atoms with Gasteiger partial charge in [-0.1, -0.05) is 13.3 Å². The van der Waals surface area contributed by atoms with Crippen molar-refractivity contribution in [1.82, 2.24) is 9.97 Å². The summed E-state index contributed by atoms with van der Waals surface area (Å²) >= 11 is 0. The van der Waals surface area contributed by atoms with Crippen LogP contribution < -0.4 is 20.1 Å². The molecule has 0 fully saturated rings. The molecule has 2 N–H and O–H groups in total. The monoisotopic (exact) mass is 347 g/mol. The molecular weight excluding hydrogens is 326 g/mol. The number of nitro groups is 1. The van der Waals surface area contributed by atoms with Gasteiger partial charge in [0, 0.05) is 12.6 Å². The first-order valence-electron chi connectivity index (χ1n) is 7.83. The molecule has 1 aromatic carbocycles. The van der Waals surface area contributed by atoms with E-state index < -0.39 is 4.92 Å². The lowest BCUT2D eigenvalue weighted by Crippen LogP contribution is -2.09. The van der Waals surface area contributed by atoms with Crippen molar-refractivity contribution >= 4 is 23.0 Å². The zero-order valence-corrected chi connectivity index (χ0v) is 14.4. The Kier molecular flexibility index (Phi) is 6.33. The number of ether oxygens (including phenoxy) is 2. The Bertz CT molecular complexity index is 738. The first-order chi connectivity index (χ1) is 12.1. The molecule has 1 heterocycles. The van der Waals surface area contributed by atoms with E-state index in [0.29, 0.717) is 23.7 Å². The average Bonchev–Trinajstić information content (AvgIpc) is 2.62. The lowest BCUT2D eigenvalue weighted by molar-refractivity contribution is -0.383. The molecular formula is C16H21N5O4. The van der Waals surface area contributed by atoms with Crippen molar-refractivity contribution in [1.29, 1.82) is 0 Å². The quantitative estimate of drug-likeness (QED) is 0.403. The summed E-state index contributed by atoms with van der Waals surface area (Å²) in [5.41, 5.74) is 0.320. The van der Waals surface area contributed by atoms with Gasteiger partial charge < -0.3 is 20.1 Å². The third-order valence-corrected chi connectivity index (χ3v) is 3.49. The first kappa shape index (κ1) is 18.2. The molecule has 0 unspecified atom stereocenters. The highest BCUT2D eigenvalue weighted by molar-refractivity contribution is 5.76. The maximum Gasteiger partial charge on any atom is 0.353 e. The van der Waals surface area contributed by atoms with Gasteiger partial charge in [-0.3, -0.25) is 10.1 Å². The fourth-order valence-corrected chi connectivity index (χ4v) is 2.19. The number of nitrogens with one attached hydrogen (secondary N) is 2. The predicted octanol–water partition coefficient (Wildman–Crippen LogP) is 3.36. The summed E-state index contributed by atoms with van der Waals surface area (Å²) < 4.78 is 10.4. The minimum Gasteiger partial charge on any atom is -0.497 e. The van der Waals surface area contributed by atoms with Gasteiger partial charge >= 0.3 is 5.69 Å². The highest BCUT2D eigenvalue weighted by atomic mass is 16.6. The minimum atomic E-state index is -0.507. The molecule has 0 bridgehead atoms. The van der Waals surface area contributed by atoms with Crippen LogP contribution in [0.2, 0.25) is 0 Å².